The quantitative estimate of drug-likeness (QED) is 0.871. The molecule has 0 radical (unpaired) electrons. The Morgan fingerprint density at radius 2 is 2.12 bits per heavy atom. The second-order valence-corrected chi connectivity index (χ2v) is 4.67. The number of hydrogen-bond acceptors (Lipinski definition) is 2. The highest BCUT2D eigenvalue weighted by atomic mass is 19.1. The maximum absolute atomic E-state index is 13.0. The highest BCUT2D eigenvalue weighted by molar-refractivity contribution is 5.85. The topological polar surface area (TPSA) is 46.3 Å². The third-order valence-corrected chi connectivity index (χ3v) is 2.48. The molecule has 0 spiro atoms. The number of carbonyl (C=O) groups is 1. The first-order chi connectivity index (χ1) is 7.84. The normalized spacial score (nSPS) is 11.4. The van der Waals surface area contributed by atoms with Crippen molar-refractivity contribution in [3.05, 3.63) is 35.6 Å². The zero-order chi connectivity index (χ0) is 13.1. The first kappa shape index (κ1) is 13.6. The van der Waals surface area contributed by atoms with Gasteiger partial charge in [-0.25, -0.2) is 4.39 Å². The van der Waals surface area contributed by atoms with E-state index < -0.39 is 5.54 Å². The van der Waals surface area contributed by atoms with Crippen molar-refractivity contribution in [2.24, 2.45) is 5.73 Å². The summed E-state index contributed by atoms with van der Waals surface area (Å²) in [5.74, 6) is -0.428. The largest absolute Gasteiger partial charge is 0.337 e. The number of likely N-dealkylation sites (N-methyl/N-ethyl adjacent to an activating group) is 1. The predicted octanol–water partition coefficient (Wildman–Crippen LogP) is 1.91. The zero-order valence-electron chi connectivity index (χ0n) is 10.5. The van der Waals surface area contributed by atoms with Crippen molar-refractivity contribution in [3.8, 4) is 0 Å². The lowest BCUT2D eigenvalue weighted by Crippen LogP contribution is -2.50. The first-order valence-corrected chi connectivity index (χ1v) is 5.67. The van der Waals surface area contributed by atoms with Crippen molar-refractivity contribution < 1.29 is 9.18 Å². The number of rotatable bonds is 4. The van der Waals surface area contributed by atoms with E-state index in [0.717, 1.165) is 5.56 Å². The summed E-state index contributed by atoms with van der Waals surface area (Å²) < 4.78 is 13.0. The molecule has 1 aromatic carbocycles. The molecule has 0 aliphatic rings. The minimum absolute atomic E-state index is 0.135. The molecule has 0 bridgehead atoms. The van der Waals surface area contributed by atoms with Gasteiger partial charge in [0, 0.05) is 13.1 Å². The smallest absolute Gasteiger partial charge is 0.242 e. The Morgan fingerprint density at radius 3 is 2.59 bits per heavy atom. The van der Waals surface area contributed by atoms with Crippen LogP contribution in [0.4, 0.5) is 4.39 Å². The van der Waals surface area contributed by atoms with Gasteiger partial charge in [-0.1, -0.05) is 12.1 Å². The fourth-order valence-electron chi connectivity index (χ4n) is 1.59. The molecule has 0 aliphatic heterocycles. The highest BCUT2D eigenvalue weighted by Gasteiger charge is 2.26. The highest BCUT2D eigenvalue weighted by Crippen LogP contribution is 2.11. The maximum Gasteiger partial charge on any atom is 0.242 e. The van der Waals surface area contributed by atoms with Gasteiger partial charge in [-0.15, -0.1) is 0 Å². The Balaban J connectivity index is 2.81. The van der Waals surface area contributed by atoms with Gasteiger partial charge in [-0.2, -0.15) is 0 Å². The molecule has 1 aromatic rings. The lowest BCUT2D eigenvalue weighted by atomic mass is 10.0. The van der Waals surface area contributed by atoms with Crippen LogP contribution in [0.3, 0.4) is 0 Å². The number of nitrogens with zero attached hydrogens (tertiary/aromatic N) is 1. The van der Waals surface area contributed by atoms with Crippen LogP contribution in [-0.2, 0) is 11.3 Å². The van der Waals surface area contributed by atoms with Gasteiger partial charge >= 0.3 is 0 Å². The number of benzene rings is 1. The summed E-state index contributed by atoms with van der Waals surface area (Å²) in [5, 5.41) is 0. The Morgan fingerprint density at radius 1 is 1.47 bits per heavy atom. The van der Waals surface area contributed by atoms with Crippen molar-refractivity contribution in [2.45, 2.75) is 32.9 Å². The summed E-state index contributed by atoms with van der Waals surface area (Å²) in [7, 11) is 0. The van der Waals surface area contributed by atoms with E-state index in [4.69, 9.17) is 5.73 Å². The number of amides is 1. The SMILES string of the molecule is CCN(Cc1cccc(F)c1)C(=O)C(C)(C)N. The minimum Gasteiger partial charge on any atom is -0.337 e. The molecule has 3 nitrogen and oxygen atoms in total. The third-order valence-electron chi connectivity index (χ3n) is 2.48. The second-order valence-electron chi connectivity index (χ2n) is 4.67. The summed E-state index contributed by atoms with van der Waals surface area (Å²) in [6, 6.07) is 6.24. The van der Waals surface area contributed by atoms with E-state index in [9.17, 15) is 9.18 Å². The molecular formula is C13H19FN2O. The van der Waals surface area contributed by atoms with Crippen LogP contribution >= 0.6 is 0 Å². The fraction of sp³-hybridized carbons (Fsp3) is 0.462. The second kappa shape index (κ2) is 5.27. The van der Waals surface area contributed by atoms with Gasteiger partial charge in [-0.05, 0) is 38.5 Å². The summed E-state index contributed by atoms with van der Waals surface area (Å²) in [6.45, 7) is 6.15. The Labute approximate surface area is 101 Å². The molecule has 0 atom stereocenters. The van der Waals surface area contributed by atoms with Crippen molar-refractivity contribution in [1.29, 1.82) is 0 Å². The number of halogens is 1. The van der Waals surface area contributed by atoms with Crippen LogP contribution < -0.4 is 5.73 Å². The van der Waals surface area contributed by atoms with Crippen molar-refractivity contribution in [2.75, 3.05) is 6.54 Å². The molecule has 0 saturated carbocycles. The van der Waals surface area contributed by atoms with Crippen molar-refractivity contribution >= 4 is 5.91 Å². The Kier molecular flexibility index (Phi) is 4.23. The van der Waals surface area contributed by atoms with Crippen LogP contribution in [0.5, 0.6) is 0 Å². The molecule has 1 rings (SSSR count). The van der Waals surface area contributed by atoms with E-state index in [-0.39, 0.29) is 11.7 Å². The standard InChI is InChI=1S/C13H19FN2O/c1-4-16(12(17)13(2,3)15)9-10-6-5-7-11(14)8-10/h5-8H,4,9,15H2,1-3H3. The average molecular weight is 238 g/mol. The van der Waals surface area contributed by atoms with Crippen molar-refractivity contribution in [1.82, 2.24) is 4.90 Å². The van der Waals surface area contributed by atoms with Gasteiger partial charge in [0.25, 0.3) is 0 Å². The fourth-order valence-corrected chi connectivity index (χ4v) is 1.59. The van der Waals surface area contributed by atoms with Crippen LogP contribution in [0.25, 0.3) is 0 Å². The molecule has 0 heterocycles. The molecule has 1 amide bonds. The Bertz CT molecular complexity index is 399. The third kappa shape index (κ3) is 3.82. The van der Waals surface area contributed by atoms with Gasteiger partial charge in [0.05, 0.1) is 5.54 Å². The molecule has 0 aromatic heterocycles. The molecule has 0 saturated heterocycles. The van der Waals surface area contributed by atoms with Crippen molar-refractivity contribution in [3.63, 3.8) is 0 Å². The molecule has 4 heteroatoms. The summed E-state index contributed by atoms with van der Waals surface area (Å²) in [4.78, 5) is 13.6. The number of carbonyl (C=O) groups excluding carboxylic acids is 1. The molecular weight excluding hydrogens is 219 g/mol. The van der Waals surface area contributed by atoms with E-state index >= 15 is 0 Å². The van der Waals surface area contributed by atoms with E-state index in [1.807, 2.05) is 6.92 Å². The van der Waals surface area contributed by atoms with Crippen LogP contribution in [0.1, 0.15) is 26.3 Å². The predicted molar refractivity (Wildman–Crippen MR) is 65.8 cm³/mol. The average Bonchev–Trinajstić information content (AvgIpc) is 2.24. The Hall–Kier alpha value is -1.42. The summed E-state index contributed by atoms with van der Waals surface area (Å²) in [6.07, 6.45) is 0. The molecule has 2 N–H and O–H groups in total. The van der Waals surface area contributed by atoms with Crippen LogP contribution in [0.2, 0.25) is 0 Å². The molecule has 0 unspecified atom stereocenters. The zero-order valence-corrected chi connectivity index (χ0v) is 10.5. The molecule has 94 valence electrons. The van der Waals surface area contributed by atoms with Gasteiger partial charge in [-0.3, -0.25) is 4.79 Å². The van der Waals surface area contributed by atoms with E-state index in [0.29, 0.717) is 13.1 Å². The minimum atomic E-state index is -0.899. The molecule has 0 fully saturated rings. The summed E-state index contributed by atoms with van der Waals surface area (Å²) >= 11 is 0. The van der Waals surface area contributed by atoms with E-state index in [2.05, 4.69) is 0 Å². The number of hydrogen-bond donors (Lipinski definition) is 1. The van der Waals surface area contributed by atoms with Gasteiger partial charge < -0.3 is 10.6 Å². The van der Waals surface area contributed by atoms with Crippen LogP contribution in [0, 0.1) is 5.82 Å². The number of nitrogens with two attached hydrogens (primary N) is 1. The van der Waals surface area contributed by atoms with Gasteiger partial charge in [0.1, 0.15) is 5.82 Å². The first-order valence-electron chi connectivity index (χ1n) is 5.67. The lowest BCUT2D eigenvalue weighted by Gasteiger charge is -2.28. The van der Waals surface area contributed by atoms with Crippen LogP contribution in [-0.4, -0.2) is 22.9 Å². The van der Waals surface area contributed by atoms with E-state index in [1.54, 1.807) is 30.9 Å². The van der Waals surface area contributed by atoms with Crippen LogP contribution in [0.15, 0.2) is 24.3 Å². The van der Waals surface area contributed by atoms with Gasteiger partial charge in [0.15, 0.2) is 0 Å². The molecule has 0 aliphatic carbocycles. The monoisotopic (exact) mass is 238 g/mol. The van der Waals surface area contributed by atoms with E-state index in [1.165, 1.54) is 12.1 Å². The van der Waals surface area contributed by atoms with Gasteiger partial charge in [0.2, 0.25) is 5.91 Å². The summed E-state index contributed by atoms with van der Waals surface area (Å²) in [5.41, 5.74) is 5.64. The lowest BCUT2D eigenvalue weighted by molar-refractivity contribution is -0.136. The molecule has 17 heavy (non-hydrogen) atoms. The maximum atomic E-state index is 13.0.